The van der Waals surface area contributed by atoms with Gasteiger partial charge in [-0.2, -0.15) is 0 Å². The topological polar surface area (TPSA) is 84.5 Å². The van der Waals surface area contributed by atoms with Crippen LogP contribution in [0.1, 0.15) is 69.8 Å². The van der Waals surface area contributed by atoms with Crippen molar-refractivity contribution in [1.82, 2.24) is 10.6 Å². The number of ether oxygens (including phenoxy) is 1. The van der Waals surface area contributed by atoms with E-state index in [9.17, 15) is 14.4 Å². The smallest absolute Gasteiger partial charge is 0.407 e. The second-order valence-electron chi connectivity index (χ2n) is 8.51. The number of aryl methyl sites for hydroxylation is 1. The van der Waals surface area contributed by atoms with Gasteiger partial charge in [-0.1, -0.05) is 38.1 Å². The van der Waals surface area contributed by atoms with Crippen LogP contribution in [-0.2, 0) is 9.53 Å². The molecule has 0 aromatic heterocycles. The lowest BCUT2D eigenvalue weighted by atomic mass is 10.0. The molecule has 1 unspecified atom stereocenters. The molecule has 0 radical (unpaired) electrons. The number of alkyl carbamates (subject to hydrolysis) is 1. The molecule has 0 spiro atoms. The fourth-order valence-electron chi connectivity index (χ4n) is 2.81. The van der Waals surface area contributed by atoms with Crippen molar-refractivity contribution in [3.8, 4) is 0 Å². The number of hydrogen-bond donors (Lipinski definition) is 2. The average Bonchev–Trinajstić information content (AvgIpc) is 2.55. The molecule has 0 heterocycles. The first-order chi connectivity index (χ1) is 13.0. The van der Waals surface area contributed by atoms with Gasteiger partial charge in [-0.15, -0.1) is 0 Å². The molecule has 0 aliphatic rings. The van der Waals surface area contributed by atoms with Gasteiger partial charge in [-0.05, 0) is 45.6 Å². The molecule has 6 heteroatoms. The van der Waals surface area contributed by atoms with Gasteiger partial charge in [0.2, 0.25) is 5.91 Å². The number of rotatable bonds is 9. The molecule has 0 aliphatic heterocycles. The first kappa shape index (κ1) is 23.7. The molecule has 0 fully saturated rings. The third-order valence-electron chi connectivity index (χ3n) is 4.05. The molecule has 156 valence electrons. The predicted molar refractivity (Wildman–Crippen MR) is 110 cm³/mol. The van der Waals surface area contributed by atoms with Crippen molar-refractivity contribution >= 4 is 17.8 Å². The quantitative estimate of drug-likeness (QED) is 0.624. The van der Waals surface area contributed by atoms with Crippen LogP contribution in [0, 0.1) is 12.8 Å². The van der Waals surface area contributed by atoms with Crippen molar-refractivity contribution < 1.29 is 19.1 Å². The Morgan fingerprint density at radius 2 is 1.71 bits per heavy atom. The Morgan fingerprint density at radius 1 is 1.07 bits per heavy atom. The molecule has 6 nitrogen and oxygen atoms in total. The van der Waals surface area contributed by atoms with Crippen molar-refractivity contribution in [3.63, 3.8) is 0 Å². The number of nitrogens with one attached hydrogen (secondary N) is 2. The van der Waals surface area contributed by atoms with Gasteiger partial charge in [0.1, 0.15) is 5.60 Å². The molecule has 1 atom stereocenters. The first-order valence-electron chi connectivity index (χ1n) is 9.83. The van der Waals surface area contributed by atoms with E-state index in [-0.39, 0.29) is 30.6 Å². The van der Waals surface area contributed by atoms with Gasteiger partial charge in [0.25, 0.3) is 0 Å². The highest BCUT2D eigenvalue weighted by atomic mass is 16.6. The van der Waals surface area contributed by atoms with Crippen molar-refractivity contribution in [2.24, 2.45) is 5.92 Å². The highest BCUT2D eigenvalue weighted by molar-refractivity contribution is 5.99. The maximum atomic E-state index is 12.3. The van der Waals surface area contributed by atoms with Gasteiger partial charge >= 0.3 is 6.09 Å². The fraction of sp³-hybridized carbons (Fsp3) is 0.591. The molecule has 1 aromatic rings. The summed E-state index contributed by atoms with van der Waals surface area (Å²) in [5.74, 6) is 0.0972. The maximum absolute atomic E-state index is 12.3. The zero-order chi connectivity index (χ0) is 21.3. The summed E-state index contributed by atoms with van der Waals surface area (Å²) in [7, 11) is 0. The summed E-state index contributed by atoms with van der Waals surface area (Å²) in [6.45, 7) is 11.7. The summed E-state index contributed by atoms with van der Waals surface area (Å²) in [6.07, 6.45) is 0.489. The minimum Gasteiger partial charge on any atom is -0.444 e. The average molecular weight is 391 g/mol. The third-order valence-corrected chi connectivity index (χ3v) is 4.05. The van der Waals surface area contributed by atoms with Gasteiger partial charge in [0.15, 0.2) is 5.78 Å². The molecule has 0 aliphatic carbocycles. The maximum Gasteiger partial charge on any atom is 0.407 e. The number of amides is 2. The number of Topliss-reactive ketones (excluding diaryl/α,β-unsaturated/α-hetero) is 1. The Bertz CT molecular complexity index is 677. The second-order valence-corrected chi connectivity index (χ2v) is 8.51. The van der Waals surface area contributed by atoms with Crippen LogP contribution in [0.4, 0.5) is 4.79 Å². The van der Waals surface area contributed by atoms with Crippen LogP contribution in [0.5, 0.6) is 0 Å². The van der Waals surface area contributed by atoms with Gasteiger partial charge in [0.05, 0.1) is 0 Å². The van der Waals surface area contributed by atoms with E-state index in [0.717, 1.165) is 5.56 Å². The molecule has 1 rings (SSSR count). The lowest BCUT2D eigenvalue weighted by molar-refractivity contribution is -0.121. The van der Waals surface area contributed by atoms with E-state index in [0.29, 0.717) is 24.4 Å². The van der Waals surface area contributed by atoms with Crippen molar-refractivity contribution in [3.05, 3.63) is 35.4 Å². The number of ketones is 1. The molecule has 1 aromatic carbocycles. The van der Waals surface area contributed by atoms with E-state index in [4.69, 9.17) is 4.74 Å². The van der Waals surface area contributed by atoms with E-state index in [1.54, 1.807) is 26.8 Å². The number of benzene rings is 1. The van der Waals surface area contributed by atoms with Crippen LogP contribution in [0.3, 0.4) is 0 Å². The summed E-state index contributed by atoms with van der Waals surface area (Å²) in [6, 6.07) is 7.13. The van der Waals surface area contributed by atoms with Gasteiger partial charge in [-0.25, -0.2) is 4.79 Å². The largest absolute Gasteiger partial charge is 0.444 e. The minimum absolute atomic E-state index is 0.0427. The van der Waals surface area contributed by atoms with Crippen LogP contribution >= 0.6 is 0 Å². The number of hydrogen-bond acceptors (Lipinski definition) is 4. The Hall–Kier alpha value is -2.37. The second kappa shape index (κ2) is 10.8. The van der Waals surface area contributed by atoms with Crippen LogP contribution in [0.15, 0.2) is 24.3 Å². The van der Waals surface area contributed by atoms with Crippen molar-refractivity contribution in [1.29, 1.82) is 0 Å². The van der Waals surface area contributed by atoms with Crippen LogP contribution < -0.4 is 10.6 Å². The van der Waals surface area contributed by atoms with E-state index in [1.165, 1.54) is 0 Å². The normalized spacial score (nSPS) is 12.4. The zero-order valence-electron chi connectivity index (χ0n) is 17.9. The lowest BCUT2D eigenvalue weighted by Gasteiger charge is -2.25. The Balaban J connectivity index is 2.50. The SMILES string of the molecule is Cc1ccccc1C(=O)CCC(=O)NCC(CC(C)C)NC(=O)OC(C)(C)C. The van der Waals surface area contributed by atoms with Crippen molar-refractivity contribution in [2.75, 3.05) is 6.54 Å². The lowest BCUT2D eigenvalue weighted by Crippen LogP contribution is -2.46. The first-order valence-corrected chi connectivity index (χ1v) is 9.83. The van der Waals surface area contributed by atoms with E-state index >= 15 is 0 Å². The molecule has 0 bridgehead atoms. The fourth-order valence-corrected chi connectivity index (χ4v) is 2.81. The highest BCUT2D eigenvalue weighted by Crippen LogP contribution is 2.11. The van der Waals surface area contributed by atoms with Crippen LogP contribution in [-0.4, -0.2) is 36.0 Å². The Labute approximate surface area is 168 Å². The summed E-state index contributed by atoms with van der Waals surface area (Å²) in [5, 5.41) is 5.63. The predicted octanol–water partition coefficient (Wildman–Crippen LogP) is 4.01. The number of carbonyl (C=O) groups excluding carboxylic acids is 3. The standard InChI is InChI=1S/C22H34N2O4/c1-15(2)13-17(24-21(27)28-22(4,5)6)14-23-20(26)12-11-19(25)18-10-8-7-9-16(18)3/h7-10,15,17H,11-14H2,1-6H3,(H,23,26)(H,24,27). The summed E-state index contributed by atoms with van der Waals surface area (Å²) in [4.78, 5) is 36.4. The summed E-state index contributed by atoms with van der Waals surface area (Å²) < 4.78 is 5.29. The zero-order valence-corrected chi connectivity index (χ0v) is 17.9. The number of carbonyl (C=O) groups is 3. The molecule has 28 heavy (non-hydrogen) atoms. The minimum atomic E-state index is -0.578. The van der Waals surface area contributed by atoms with Gasteiger partial charge in [-0.3, -0.25) is 9.59 Å². The van der Waals surface area contributed by atoms with Crippen LogP contribution in [0.25, 0.3) is 0 Å². The molecule has 0 saturated heterocycles. The Kier molecular flexibility index (Phi) is 9.16. The highest BCUT2D eigenvalue weighted by Gasteiger charge is 2.21. The summed E-state index contributed by atoms with van der Waals surface area (Å²) >= 11 is 0. The third kappa shape index (κ3) is 9.53. The summed E-state index contributed by atoms with van der Waals surface area (Å²) in [5.41, 5.74) is 0.983. The van der Waals surface area contributed by atoms with E-state index < -0.39 is 11.7 Å². The van der Waals surface area contributed by atoms with E-state index in [2.05, 4.69) is 10.6 Å². The molecular formula is C22H34N2O4. The monoisotopic (exact) mass is 390 g/mol. The molecule has 0 saturated carbocycles. The Morgan fingerprint density at radius 3 is 2.29 bits per heavy atom. The van der Waals surface area contributed by atoms with Crippen LogP contribution in [0.2, 0.25) is 0 Å². The van der Waals surface area contributed by atoms with Gasteiger partial charge in [0, 0.05) is 31.0 Å². The van der Waals surface area contributed by atoms with Crippen molar-refractivity contribution in [2.45, 2.75) is 72.4 Å². The molecule has 2 N–H and O–H groups in total. The molecular weight excluding hydrogens is 356 g/mol. The molecule has 2 amide bonds. The van der Waals surface area contributed by atoms with E-state index in [1.807, 2.05) is 39.0 Å². The van der Waals surface area contributed by atoms with Gasteiger partial charge < -0.3 is 15.4 Å².